The van der Waals surface area contributed by atoms with Gasteiger partial charge in [-0.25, -0.2) is 14.6 Å². The van der Waals surface area contributed by atoms with Crippen LogP contribution in [0.5, 0.6) is 5.75 Å². The Bertz CT molecular complexity index is 1910. The maximum absolute atomic E-state index is 13.4. The summed E-state index contributed by atoms with van der Waals surface area (Å²) in [6.07, 6.45) is 6.03. The van der Waals surface area contributed by atoms with E-state index in [2.05, 4.69) is 10.3 Å². The first-order valence-corrected chi connectivity index (χ1v) is 15.9. The van der Waals surface area contributed by atoms with Crippen LogP contribution in [0.3, 0.4) is 0 Å². The van der Waals surface area contributed by atoms with E-state index in [1.54, 1.807) is 13.0 Å². The molecular weight excluding hydrogens is 614 g/mol. The van der Waals surface area contributed by atoms with Crippen molar-refractivity contribution in [3.63, 3.8) is 0 Å². The molecule has 0 bridgehead atoms. The highest BCUT2D eigenvalue weighted by Gasteiger charge is 2.20. The quantitative estimate of drug-likeness (QED) is 0.0683. The number of nitrogens with zero attached hydrogens (tertiary/aromatic N) is 1. The molecule has 1 atom stereocenters. The summed E-state index contributed by atoms with van der Waals surface area (Å²) < 4.78 is 10.7. The number of aliphatic carboxylic acids is 1. The van der Waals surface area contributed by atoms with Gasteiger partial charge in [0.1, 0.15) is 17.4 Å². The third-order valence-corrected chi connectivity index (χ3v) is 8.26. The lowest BCUT2D eigenvalue weighted by Gasteiger charge is -2.17. The number of amides is 1. The average molecular weight is 650 g/mol. The minimum atomic E-state index is -1.22. The van der Waals surface area contributed by atoms with Crippen molar-refractivity contribution < 1.29 is 29.0 Å². The van der Waals surface area contributed by atoms with E-state index in [1.807, 2.05) is 103 Å². The number of rotatable bonds is 14. The van der Waals surface area contributed by atoms with Crippen molar-refractivity contribution in [1.29, 1.82) is 0 Å². The Kier molecular flexibility index (Phi) is 11.0. The van der Waals surface area contributed by atoms with E-state index in [9.17, 15) is 14.4 Å². The first kappa shape index (κ1) is 32.9. The van der Waals surface area contributed by atoms with Crippen LogP contribution in [0, 0.1) is 0 Å². The summed E-state index contributed by atoms with van der Waals surface area (Å²) >= 11 is 1.44. The third-order valence-electron chi connectivity index (χ3n) is 7.28. The van der Waals surface area contributed by atoms with E-state index in [0.29, 0.717) is 18.7 Å². The Morgan fingerprint density at radius 1 is 0.979 bits per heavy atom. The van der Waals surface area contributed by atoms with Gasteiger partial charge >= 0.3 is 11.9 Å². The van der Waals surface area contributed by atoms with E-state index in [4.69, 9.17) is 19.6 Å². The average Bonchev–Trinajstić information content (AvgIpc) is 3.70. The number of carboxylic acids is 1. The lowest BCUT2D eigenvalue weighted by molar-refractivity contribution is -0.152. The van der Waals surface area contributed by atoms with Gasteiger partial charge in [0.2, 0.25) is 5.91 Å². The normalized spacial score (nSPS) is 12.5. The van der Waals surface area contributed by atoms with Gasteiger partial charge in [-0.05, 0) is 72.9 Å². The van der Waals surface area contributed by atoms with Crippen LogP contribution in [-0.4, -0.2) is 39.5 Å². The van der Waals surface area contributed by atoms with Gasteiger partial charge in [0.15, 0.2) is 6.61 Å². The van der Waals surface area contributed by atoms with Gasteiger partial charge in [-0.2, -0.15) is 0 Å². The number of hydrogen-bond donors (Lipinski definition) is 3. The molecule has 47 heavy (non-hydrogen) atoms. The maximum Gasteiger partial charge on any atom is 0.341 e. The largest absolute Gasteiger partial charge is 0.489 e. The summed E-state index contributed by atoms with van der Waals surface area (Å²) in [5.41, 5.74) is 5.67. The van der Waals surface area contributed by atoms with Crippen LogP contribution >= 0.6 is 11.3 Å². The lowest BCUT2D eigenvalue weighted by atomic mass is 10.0. The molecule has 0 spiro atoms. The molecule has 5 aromatic rings. The van der Waals surface area contributed by atoms with Gasteiger partial charge in [0, 0.05) is 28.1 Å². The molecule has 9 nitrogen and oxygen atoms in total. The smallest absolute Gasteiger partial charge is 0.341 e. The lowest BCUT2D eigenvalue weighted by Crippen LogP contribution is -2.31. The molecule has 0 aliphatic rings. The van der Waals surface area contributed by atoms with Crippen LogP contribution in [0.25, 0.3) is 17.0 Å². The van der Waals surface area contributed by atoms with Crippen molar-refractivity contribution in [2.45, 2.75) is 39.3 Å². The van der Waals surface area contributed by atoms with Crippen LogP contribution in [0.4, 0.5) is 0 Å². The Hall–Kier alpha value is -5.48. The molecule has 0 fully saturated rings. The second kappa shape index (κ2) is 15.7. The molecule has 0 aliphatic carbocycles. The van der Waals surface area contributed by atoms with E-state index >= 15 is 0 Å². The highest BCUT2D eigenvalue weighted by Crippen LogP contribution is 2.26. The number of nitrogens with one attached hydrogen (secondary N) is 2. The van der Waals surface area contributed by atoms with Crippen LogP contribution in [-0.2, 0) is 38.6 Å². The first-order chi connectivity index (χ1) is 22.7. The van der Waals surface area contributed by atoms with Crippen molar-refractivity contribution in [3.8, 4) is 5.75 Å². The van der Waals surface area contributed by atoms with E-state index in [1.165, 1.54) is 11.3 Å². The summed E-state index contributed by atoms with van der Waals surface area (Å²) in [6.45, 7) is 3.15. The summed E-state index contributed by atoms with van der Waals surface area (Å²) in [7, 11) is 0. The number of allylic oxidation sites excluding steroid dienone is 2. The summed E-state index contributed by atoms with van der Waals surface area (Å²) in [6, 6.07) is 25.3. The topological polar surface area (TPSA) is 131 Å². The first-order valence-electron chi connectivity index (χ1n) is 15.0. The molecule has 1 amide bonds. The van der Waals surface area contributed by atoms with Crippen LogP contribution in [0.2, 0.25) is 0 Å². The van der Waals surface area contributed by atoms with Gasteiger partial charge in [-0.3, -0.25) is 4.79 Å². The number of thiazole rings is 1. The van der Waals surface area contributed by atoms with Gasteiger partial charge in [0.25, 0.3) is 0 Å². The molecule has 3 aromatic carbocycles. The van der Waals surface area contributed by atoms with Gasteiger partial charge in [-0.1, -0.05) is 60.7 Å². The van der Waals surface area contributed by atoms with E-state index in [0.717, 1.165) is 43.9 Å². The van der Waals surface area contributed by atoms with Crippen LogP contribution in [0.15, 0.2) is 108 Å². The molecular formula is C37H35N3O6S. The van der Waals surface area contributed by atoms with Gasteiger partial charge in [-0.15, -0.1) is 11.3 Å². The van der Waals surface area contributed by atoms with Crippen LogP contribution in [0.1, 0.15) is 47.3 Å². The van der Waals surface area contributed by atoms with Crippen molar-refractivity contribution in [1.82, 2.24) is 15.3 Å². The minimum Gasteiger partial charge on any atom is -0.489 e. The number of carbonyl (C=O) groups is 3. The Labute approximate surface area is 276 Å². The van der Waals surface area contributed by atoms with Crippen molar-refractivity contribution >= 4 is 46.2 Å². The Morgan fingerprint density at radius 3 is 2.49 bits per heavy atom. The highest BCUT2D eigenvalue weighted by atomic mass is 32.1. The number of hydrogen-bond acceptors (Lipinski definition) is 7. The number of esters is 1. The molecule has 0 radical (unpaired) electrons. The zero-order chi connectivity index (χ0) is 33.2. The monoisotopic (exact) mass is 649 g/mol. The number of carbonyl (C=O) groups excluding carboxylic acids is 2. The molecule has 3 N–H and O–H groups in total. The molecule has 0 unspecified atom stereocenters. The predicted molar refractivity (Wildman–Crippen MR) is 182 cm³/mol. The van der Waals surface area contributed by atoms with Crippen molar-refractivity contribution in [3.05, 3.63) is 135 Å². The van der Waals surface area contributed by atoms with Gasteiger partial charge < -0.3 is 24.9 Å². The fourth-order valence-electron chi connectivity index (χ4n) is 5.04. The standard InChI is InChI=1S/C37H35N3O6S/c1-24(16-25(2)37(44)46-22-35(42)43)17-29-23-47-36(39-29)33(40-34(41)19-28-20-38-32-11-7-6-10-31(28)32)18-26-12-14-30(15-13-26)45-21-27-8-4-3-5-9-27/h3-17,20,23,33,38H,18-19,21-22H2,1-2H3,(H,40,41)(H,42,43)/b24-17+,25-16-/t33-/m0/s1. The zero-order valence-electron chi connectivity index (χ0n) is 26.1. The second-order valence-electron chi connectivity index (χ2n) is 11.1. The van der Waals surface area contributed by atoms with E-state index in [-0.39, 0.29) is 23.9 Å². The number of aromatic nitrogens is 2. The van der Waals surface area contributed by atoms with Gasteiger partial charge in [0.05, 0.1) is 18.2 Å². The van der Waals surface area contributed by atoms with E-state index < -0.39 is 18.5 Å². The number of fused-ring (bicyclic) bond motifs is 1. The second-order valence-corrected chi connectivity index (χ2v) is 12.0. The zero-order valence-corrected chi connectivity index (χ0v) is 26.9. The molecule has 0 saturated heterocycles. The number of H-pyrrole nitrogens is 1. The van der Waals surface area contributed by atoms with Crippen molar-refractivity contribution in [2.75, 3.05) is 6.61 Å². The molecule has 2 heterocycles. The predicted octanol–water partition coefficient (Wildman–Crippen LogP) is 6.82. The fourth-order valence-corrected chi connectivity index (χ4v) is 5.87. The summed E-state index contributed by atoms with van der Waals surface area (Å²) in [5.74, 6) is -1.29. The molecule has 10 heteroatoms. The number of carboxylic acid groups (broad SMARTS) is 1. The molecule has 5 rings (SSSR count). The molecule has 0 aliphatic heterocycles. The molecule has 0 saturated carbocycles. The number of aromatic amines is 1. The Balaban J connectivity index is 1.31. The maximum atomic E-state index is 13.4. The molecule has 240 valence electrons. The SMILES string of the molecule is C/C(=C/C(C)=C/c1csc([C@H](Cc2ccc(OCc3ccccc3)cc2)NC(=O)Cc2c[nH]c3ccccc23)n1)C(=O)OCC(=O)O. The highest BCUT2D eigenvalue weighted by molar-refractivity contribution is 7.09. The Morgan fingerprint density at radius 2 is 1.72 bits per heavy atom. The number of benzene rings is 3. The minimum absolute atomic E-state index is 0.121. The fraction of sp³-hybridized carbons (Fsp3) is 0.189. The van der Waals surface area contributed by atoms with Crippen molar-refractivity contribution in [2.24, 2.45) is 0 Å². The number of ether oxygens (including phenoxy) is 2. The molecule has 2 aromatic heterocycles. The summed E-state index contributed by atoms with van der Waals surface area (Å²) in [5, 5.41) is 15.6. The third kappa shape index (κ3) is 9.51. The summed E-state index contributed by atoms with van der Waals surface area (Å²) in [4.78, 5) is 44.2. The number of para-hydroxylation sites is 1. The van der Waals surface area contributed by atoms with Crippen LogP contribution < -0.4 is 10.1 Å².